The minimum Gasteiger partial charge on any atom is -0.480 e. The first-order valence-corrected chi connectivity index (χ1v) is 3.80. The van der Waals surface area contributed by atoms with Crippen molar-refractivity contribution in [3.8, 4) is 0 Å². The molecule has 1 heterocycles. The van der Waals surface area contributed by atoms with E-state index in [1.165, 1.54) is 0 Å². The molecule has 72 valence electrons. The van der Waals surface area contributed by atoms with Crippen molar-refractivity contribution in [1.82, 2.24) is 4.90 Å². The van der Waals surface area contributed by atoms with Crippen molar-refractivity contribution >= 4 is 17.8 Å². The zero-order valence-electron chi connectivity index (χ0n) is 6.77. The Bertz CT molecular complexity index is 262. The van der Waals surface area contributed by atoms with Gasteiger partial charge in [-0.05, 0) is 12.8 Å². The number of carboxylic acids is 2. The summed E-state index contributed by atoms with van der Waals surface area (Å²) in [5.41, 5.74) is 0. The lowest BCUT2D eigenvalue weighted by Crippen LogP contribution is -2.43. The first-order valence-electron chi connectivity index (χ1n) is 3.80. The molecule has 13 heavy (non-hydrogen) atoms. The fourth-order valence-electron chi connectivity index (χ4n) is 1.39. The van der Waals surface area contributed by atoms with Gasteiger partial charge in [-0.1, -0.05) is 0 Å². The van der Waals surface area contributed by atoms with Gasteiger partial charge in [0.2, 0.25) is 0 Å². The normalized spacial score (nSPS) is 21.5. The Balaban J connectivity index is 2.74. The highest BCUT2D eigenvalue weighted by atomic mass is 16.4. The van der Waals surface area contributed by atoms with Crippen LogP contribution >= 0.6 is 0 Å². The van der Waals surface area contributed by atoms with E-state index in [1.54, 1.807) is 0 Å². The number of carbonyl (C=O) groups excluding carboxylic acids is 1. The summed E-state index contributed by atoms with van der Waals surface area (Å²) in [6.45, 7) is 0.210. The topological polar surface area (TPSA) is 94.9 Å². The van der Waals surface area contributed by atoms with Crippen LogP contribution in [0.2, 0.25) is 0 Å². The van der Waals surface area contributed by atoms with E-state index in [-0.39, 0.29) is 6.54 Å². The molecular weight excluding hydrogens is 178 g/mol. The van der Waals surface area contributed by atoms with Gasteiger partial charge in [-0.25, -0.2) is 9.59 Å². The highest BCUT2D eigenvalue weighted by molar-refractivity contribution is 6.31. The Morgan fingerprint density at radius 1 is 1.23 bits per heavy atom. The van der Waals surface area contributed by atoms with Gasteiger partial charge < -0.3 is 15.1 Å². The summed E-state index contributed by atoms with van der Waals surface area (Å²) in [4.78, 5) is 32.6. The van der Waals surface area contributed by atoms with Gasteiger partial charge in [0.25, 0.3) is 0 Å². The summed E-state index contributed by atoms with van der Waals surface area (Å²) < 4.78 is 0. The lowest BCUT2D eigenvalue weighted by molar-refractivity contribution is -0.159. The molecule has 0 saturated carbocycles. The fourth-order valence-corrected chi connectivity index (χ4v) is 1.39. The van der Waals surface area contributed by atoms with Gasteiger partial charge in [-0.3, -0.25) is 4.79 Å². The SMILES string of the molecule is O=C(O)C(=O)N1CCCC1C(=O)O. The smallest absolute Gasteiger partial charge is 0.394 e. The summed E-state index contributed by atoms with van der Waals surface area (Å²) in [7, 11) is 0. The molecule has 1 saturated heterocycles. The predicted octanol–water partition coefficient (Wildman–Crippen LogP) is -0.853. The van der Waals surface area contributed by atoms with Gasteiger partial charge in [0, 0.05) is 6.54 Å². The van der Waals surface area contributed by atoms with E-state index in [0.29, 0.717) is 12.8 Å². The molecule has 1 rings (SSSR count). The van der Waals surface area contributed by atoms with Crippen molar-refractivity contribution in [2.75, 3.05) is 6.54 Å². The van der Waals surface area contributed by atoms with Crippen LogP contribution in [0.4, 0.5) is 0 Å². The maximum Gasteiger partial charge on any atom is 0.394 e. The summed E-state index contributed by atoms with van der Waals surface area (Å²) >= 11 is 0. The lowest BCUT2D eigenvalue weighted by Gasteiger charge is -2.18. The lowest BCUT2D eigenvalue weighted by atomic mass is 10.2. The summed E-state index contributed by atoms with van der Waals surface area (Å²) in [5, 5.41) is 17.0. The van der Waals surface area contributed by atoms with Crippen molar-refractivity contribution in [3.63, 3.8) is 0 Å². The Hall–Kier alpha value is -1.59. The standard InChI is InChI=1S/C7H9NO5/c9-5(7(12)13)8-3-1-2-4(8)6(10)11/h4H,1-3H2,(H,10,11)(H,12,13). The van der Waals surface area contributed by atoms with Crippen LogP contribution in [-0.4, -0.2) is 45.5 Å². The molecular formula is C7H9NO5. The van der Waals surface area contributed by atoms with Crippen molar-refractivity contribution in [1.29, 1.82) is 0 Å². The quantitative estimate of drug-likeness (QED) is 0.521. The number of likely N-dealkylation sites (tertiary alicyclic amines) is 1. The van der Waals surface area contributed by atoms with E-state index in [1.807, 2.05) is 0 Å². The monoisotopic (exact) mass is 187 g/mol. The average molecular weight is 187 g/mol. The molecule has 0 aromatic heterocycles. The third-order valence-corrected chi connectivity index (χ3v) is 1.98. The summed E-state index contributed by atoms with van der Waals surface area (Å²) in [6.07, 6.45) is 0.865. The summed E-state index contributed by atoms with van der Waals surface area (Å²) in [5.74, 6) is -3.88. The largest absolute Gasteiger partial charge is 0.480 e. The van der Waals surface area contributed by atoms with Crippen molar-refractivity contribution in [3.05, 3.63) is 0 Å². The Labute approximate surface area is 73.8 Å². The molecule has 1 aliphatic heterocycles. The number of amides is 1. The molecule has 6 nitrogen and oxygen atoms in total. The number of hydrogen-bond acceptors (Lipinski definition) is 3. The van der Waals surface area contributed by atoms with Gasteiger partial charge in [0.1, 0.15) is 6.04 Å². The molecule has 0 aromatic carbocycles. The maximum absolute atomic E-state index is 10.9. The second-order valence-corrected chi connectivity index (χ2v) is 2.80. The Morgan fingerprint density at radius 3 is 2.31 bits per heavy atom. The second-order valence-electron chi connectivity index (χ2n) is 2.80. The number of hydrogen-bond donors (Lipinski definition) is 2. The Morgan fingerprint density at radius 2 is 1.85 bits per heavy atom. The van der Waals surface area contributed by atoms with Crippen molar-refractivity contribution < 1.29 is 24.6 Å². The first kappa shape index (κ1) is 9.50. The van der Waals surface area contributed by atoms with E-state index in [2.05, 4.69) is 0 Å². The molecule has 0 spiro atoms. The van der Waals surface area contributed by atoms with Crippen LogP contribution in [0.25, 0.3) is 0 Å². The van der Waals surface area contributed by atoms with E-state index >= 15 is 0 Å². The molecule has 0 aliphatic carbocycles. The average Bonchev–Trinajstić information content (AvgIpc) is 2.50. The van der Waals surface area contributed by atoms with Gasteiger partial charge in [0.15, 0.2) is 0 Å². The Kier molecular flexibility index (Phi) is 2.50. The molecule has 1 amide bonds. The van der Waals surface area contributed by atoms with Gasteiger partial charge >= 0.3 is 17.8 Å². The molecule has 0 aromatic rings. The van der Waals surface area contributed by atoms with Crippen LogP contribution in [0.5, 0.6) is 0 Å². The predicted molar refractivity (Wildman–Crippen MR) is 40.0 cm³/mol. The minimum atomic E-state index is -1.60. The minimum absolute atomic E-state index is 0.210. The molecule has 2 N–H and O–H groups in total. The zero-order chi connectivity index (χ0) is 10.0. The molecule has 1 atom stereocenters. The van der Waals surface area contributed by atoms with E-state index in [0.717, 1.165) is 4.90 Å². The van der Waals surface area contributed by atoms with Crippen molar-refractivity contribution in [2.24, 2.45) is 0 Å². The van der Waals surface area contributed by atoms with Gasteiger partial charge in [0.05, 0.1) is 0 Å². The molecule has 1 fully saturated rings. The number of carbonyl (C=O) groups is 3. The highest BCUT2D eigenvalue weighted by Gasteiger charge is 2.36. The number of rotatable bonds is 1. The van der Waals surface area contributed by atoms with E-state index < -0.39 is 23.9 Å². The molecule has 0 bridgehead atoms. The molecule has 1 unspecified atom stereocenters. The number of aliphatic carboxylic acids is 2. The van der Waals surface area contributed by atoms with Crippen LogP contribution in [0, 0.1) is 0 Å². The third-order valence-electron chi connectivity index (χ3n) is 1.98. The van der Waals surface area contributed by atoms with E-state index in [9.17, 15) is 14.4 Å². The fraction of sp³-hybridized carbons (Fsp3) is 0.571. The highest BCUT2D eigenvalue weighted by Crippen LogP contribution is 2.17. The van der Waals surface area contributed by atoms with Crippen LogP contribution in [0.3, 0.4) is 0 Å². The van der Waals surface area contributed by atoms with Crippen LogP contribution in [0.15, 0.2) is 0 Å². The zero-order valence-corrected chi connectivity index (χ0v) is 6.77. The van der Waals surface area contributed by atoms with Gasteiger partial charge in [-0.15, -0.1) is 0 Å². The van der Waals surface area contributed by atoms with Crippen molar-refractivity contribution in [2.45, 2.75) is 18.9 Å². The van der Waals surface area contributed by atoms with Crippen LogP contribution < -0.4 is 0 Å². The summed E-state index contributed by atoms with van der Waals surface area (Å²) in [6, 6.07) is -0.969. The number of nitrogens with zero attached hydrogens (tertiary/aromatic N) is 1. The van der Waals surface area contributed by atoms with Crippen LogP contribution in [0.1, 0.15) is 12.8 Å². The third kappa shape index (κ3) is 1.77. The maximum atomic E-state index is 10.9. The molecule has 1 aliphatic rings. The second kappa shape index (κ2) is 3.42. The molecule has 0 radical (unpaired) electrons. The van der Waals surface area contributed by atoms with E-state index in [4.69, 9.17) is 10.2 Å². The number of carboxylic acid groups (broad SMARTS) is 2. The first-order chi connectivity index (χ1) is 6.04. The van der Waals surface area contributed by atoms with Gasteiger partial charge in [-0.2, -0.15) is 0 Å². The van der Waals surface area contributed by atoms with Crippen LogP contribution in [-0.2, 0) is 14.4 Å². The molecule has 6 heteroatoms.